The molecular weight excluding hydrogens is 262 g/mol. The molecule has 110 valence electrons. The van der Waals surface area contributed by atoms with Gasteiger partial charge in [-0.2, -0.15) is 17.0 Å². The second kappa shape index (κ2) is 6.35. The molecular formula is C13H25N3O2S. The van der Waals surface area contributed by atoms with Crippen molar-refractivity contribution in [1.82, 2.24) is 13.9 Å². The molecule has 2 aliphatic rings. The average Bonchev–Trinajstić information content (AvgIpc) is 2.40. The summed E-state index contributed by atoms with van der Waals surface area (Å²) in [6.07, 6.45) is 4.80. The molecule has 0 saturated carbocycles. The lowest BCUT2D eigenvalue weighted by atomic mass is 9.98. The molecule has 0 atom stereocenters. The number of hydrogen-bond acceptors (Lipinski definition) is 3. The summed E-state index contributed by atoms with van der Waals surface area (Å²) >= 11 is 0. The fourth-order valence-electron chi connectivity index (χ4n) is 2.76. The van der Waals surface area contributed by atoms with E-state index in [9.17, 15) is 8.42 Å². The second-order valence-corrected chi connectivity index (χ2v) is 7.49. The quantitative estimate of drug-likeness (QED) is 0.779. The molecule has 0 aromatic rings. The van der Waals surface area contributed by atoms with Crippen LogP contribution in [0.3, 0.4) is 0 Å². The fourth-order valence-corrected chi connectivity index (χ4v) is 4.34. The SMILES string of the molecule is CNCC1CCN(S(=O)(=O)N2CC=C(C)CC2)CC1. The summed E-state index contributed by atoms with van der Waals surface area (Å²) in [4.78, 5) is 0. The molecule has 2 aliphatic heterocycles. The van der Waals surface area contributed by atoms with Crippen molar-refractivity contribution in [2.45, 2.75) is 26.2 Å². The van der Waals surface area contributed by atoms with Gasteiger partial charge in [0, 0.05) is 26.2 Å². The Morgan fingerprint density at radius 2 is 1.95 bits per heavy atom. The molecule has 2 heterocycles. The smallest absolute Gasteiger partial charge is 0.282 e. The zero-order chi connectivity index (χ0) is 13.9. The van der Waals surface area contributed by atoms with Crippen LogP contribution in [0.15, 0.2) is 11.6 Å². The van der Waals surface area contributed by atoms with E-state index in [1.165, 1.54) is 5.57 Å². The molecule has 1 N–H and O–H groups in total. The van der Waals surface area contributed by atoms with Crippen molar-refractivity contribution in [1.29, 1.82) is 0 Å². The van der Waals surface area contributed by atoms with Crippen LogP contribution in [0.1, 0.15) is 26.2 Å². The third kappa shape index (κ3) is 3.56. The Morgan fingerprint density at radius 1 is 1.26 bits per heavy atom. The summed E-state index contributed by atoms with van der Waals surface area (Å²) in [6.45, 7) is 5.53. The van der Waals surface area contributed by atoms with Gasteiger partial charge < -0.3 is 5.32 Å². The van der Waals surface area contributed by atoms with Crippen LogP contribution in [-0.2, 0) is 10.2 Å². The highest BCUT2D eigenvalue weighted by Crippen LogP contribution is 2.22. The zero-order valence-electron chi connectivity index (χ0n) is 11.9. The lowest BCUT2D eigenvalue weighted by Gasteiger charge is -2.35. The number of hydrogen-bond donors (Lipinski definition) is 1. The van der Waals surface area contributed by atoms with E-state index in [0.29, 0.717) is 32.1 Å². The van der Waals surface area contributed by atoms with Crippen LogP contribution in [0.25, 0.3) is 0 Å². The van der Waals surface area contributed by atoms with E-state index in [0.717, 1.165) is 25.8 Å². The summed E-state index contributed by atoms with van der Waals surface area (Å²) in [6, 6.07) is 0. The third-order valence-corrected chi connectivity index (χ3v) is 6.12. The van der Waals surface area contributed by atoms with Crippen LogP contribution in [-0.4, -0.2) is 56.8 Å². The Labute approximate surface area is 116 Å². The molecule has 2 rings (SSSR count). The maximum atomic E-state index is 12.5. The van der Waals surface area contributed by atoms with Gasteiger partial charge in [-0.25, -0.2) is 0 Å². The maximum Gasteiger partial charge on any atom is 0.282 e. The standard InChI is InChI=1S/C13H25N3O2S/c1-12-3-7-15(8-4-12)19(17,18)16-9-5-13(6-10-16)11-14-2/h3,13-14H,4-11H2,1-2H3. The lowest BCUT2D eigenvalue weighted by molar-refractivity contribution is 0.253. The molecule has 0 aliphatic carbocycles. The van der Waals surface area contributed by atoms with E-state index >= 15 is 0 Å². The predicted octanol–water partition coefficient (Wildman–Crippen LogP) is 0.815. The van der Waals surface area contributed by atoms with Crippen molar-refractivity contribution in [2.75, 3.05) is 39.8 Å². The minimum absolute atomic E-state index is 0.532. The molecule has 0 amide bonds. The summed E-state index contributed by atoms with van der Waals surface area (Å²) in [7, 11) is -1.30. The number of nitrogens with zero attached hydrogens (tertiary/aromatic N) is 2. The monoisotopic (exact) mass is 287 g/mol. The van der Waals surface area contributed by atoms with E-state index in [4.69, 9.17) is 0 Å². The number of rotatable bonds is 4. The van der Waals surface area contributed by atoms with E-state index in [1.807, 2.05) is 13.1 Å². The highest BCUT2D eigenvalue weighted by molar-refractivity contribution is 7.86. The first kappa shape index (κ1) is 15.0. The minimum Gasteiger partial charge on any atom is -0.319 e. The van der Waals surface area contributed by atoms with Gasteiger partial charge in [0.05, 0.1) is 0 Å². The Balaban J connectivity index is 1.94. The fraction of sp³-hybridized carbons (Fsp3) is 0.846. The van der Waals surface area contributed by atoms with Gasteiger partial charge >= 0.3 is 0 Å². The van der Waals surface area contributed by atoms with Crippen LogP contribution in [0.5, 0.6) is 0 Å². The molecule has 6 heteroatoms. The Kier molecular flexibility index (Phi) is 5.00. The number of nitrogens with one attached hydrogen (secondary N) is 1. The molecule has 0 radical (unpaired) electrons. The lowest BCUT2D eigenvalue weighted by Crippen LogP contribution is -2.48. The third-order valence-electron chi connectivity index (χ3n) is 4.12. The molecule has 1 fully saturated rings. The summed E-state index contributed by atoms with van der Waals surface area (Å²) in [5.41, 5.74) is 1.29. The van der Waals surface area contributed by atoms with Gasteiger partial charge in [0.25, 0.3) is 10.2 Å². The van der Waals surface area contributed by atoms with Gasteiger partial charge in [-0.15, -0.1) is 0 Å². The van der Waals surface area contributed by atoms with Crippen LogP contribution >= 0.6 is 0 Å². The van der Waals surface area contributed by atoms with Gasteiger partial charge in [-0.1, -0.05) is 11.6 Å². The Morgan fingerprint density at radius 3 is 2.47 bits per heavy atom. The van der Waals surface area contributed by atoms with Crippen LogP contribution in [0.4, 0.5) is 0 Å². The molecule has 0 aromatic heterocycles. The molecule has 0 spiro atoms. The summed E-state index contributed by atoms with van der Waals surface area (Å²) < 4.78 is 28.3. The summed E-state index contributed by atoms with van der Waals surface area (Å²) in [5.74, 6) is 0.611. The van der Waals surface area contributed by atoms with Crippen molar-refractivity contribution in [3.63, 3.8) is 0 Å². The van der Waals surface area contributed by atoms with Crippen molar-refractivity contribution in [2.24, 2.45) is 5.92 Å². The van der Waals surface area contributed by atoms with Crippen molar-refractivity contribution >= 4 is 10.2 Å². The first-order valence-electron chi connectivity index (χ1n) is 7.09. The normalized spacial score (nSPS) is 24.4. The number of piperidine rings is 1. The second-order valence-electron chi connectivity index (χ2n) is 5.57. The van der Waals surface area contributed by atoms with Crippen LogP contribution in [0.2, 0.25) is 0 Å². The van der Waals surface area contributed by atoms with Crippen molar-refractivity contribution in [3.05, 3.63) is 11.6 Å². The van der Waals surface area contributed by atoms with E-state index in [-0.39, 0.29) is 0 Å². The minimum atomic E-state index is -3.25. The van der Waals surface area contributed by atoms with E-state index < -0.39 is 10.2 Å². The van der Waals surface area contributed by atoms with Gasteiger partial charge in [0.15, 0.2) is 0 Å². The van der Waals surface area contributed by atoms with Gasteiger partial charge in [0.1, 0.15) is 0 Å². The molecule has 0 unspecified atom stereocenters. The van der Waals surface area contributed by atoms with Crippen molar-refractivity contribution < 1.29 is 8.42 Å². The molecule has 5 nitrogen and oxygen atoms in total. The van der Waals surface area contributed by atoms with Gasteiger partial charge in [-0.3, -0.25) is 0 Å². The van der Waals surface area contributed by atoms with Crippen LogP contribution < -0.4 is 5.32 Å². The molecule has 19 heavy (non-hydrogen) atoms. The van der Waals surface area contributed by atoms with Crippen molar-refractivity contribution in [3.8, 4) is 0 Å². The largest absolute Gasteiger partial charge is 0.319 e. The summed E-state index contributed by atoms with van der Waals surface area (Å²) in [5, 5.41) is 3.17. The maximum absolute atomic E-state index is 12.5. The molecule has 0 aromatic carbocycles. The topological polar surface area (TPSA) is 52.7 Å². The average molecular weight is 287 g/mol. The van der Waals surface area contributed by atoms with Gasteiger partial charge in [0.2, 0.25) is 0 Å². The first-order valence-corrected chi connectivity index (χ1v) is 8.49. The van der Waals surface area contributed by atoms with E-state index in [1.54, 1.807) is 8.61 Å². The van der Waals surface area contributed by atoms with E-state index in [2.05, 4.69) is 12.2 Å². The Hall–Kier alpha value is -0.430. The highest BCUT2D eigenvalue weighted by atomic mass is 32.2. The molecule has 1 saturated heterocycles. The first-order chi connectivity index (χ1) is 9.04. The predicted molar refractivity (Wildman–Crippen MR) is 77.1 cm³/mol. The Bertz CT molecular complexity index is 425. The zero-order valence-corrected chi connectivity index (χ0v) is 12.7. The van der Waals surface area contributed by atoms with Gasteiger partial charge in [-0.05, 0) is 45.7 Å². The highest BCUT2D eigenvalue weighted by Gasteiger charge is 2.32. The molecule has 0 bridgehead atoms. The van der Waals surface area contributed by atoms with Crippen LogP contribution in [0, 0.1) is 5.92 Å².